The van der Waals surface area contributed by atoms with Crippen molar-refractivity contribution in [3.63, 3.8) is 0 Å². The van der Waals surface area contributed by atoms with Crippen LogP contribution in [-0.4, -0.2) is 19.8 Å². The molecule has 1 N–H and O–H groups in total. The van der Waals surface area contributed by atoms with Gasteiger partial charge in [0, 0.05) is 7.11 Å². The summed E-state index contributed by atoms with van der Waals surface area (Å²) in [5.74, 6) is -0.156. The second-order valence-corrected chi connectivity index (χ2v) is 4.23. The Hall–Kier alpha value is -0.930. The van der Waals surface area contributed by atoms with E-state index in [0.29, 0.717) is 5.56 Å². The van der Waals surface area contributed by atoms with Crippen molar-refractivity contribution in [2.24, 2.45) is 0 Å². The molecule has 2 nitrogen and oxygen atoms in total. The fourth-order valence-electron chi connectivity index (χ4n) is 2.02. The van der Waals surface area contributed by atoms with E-state index in [-0.39, 0.29) is 18.0 Å². The third-order valence-corrected chi connectivity index (χ3v) is 3.06. The minimum absolute atomic E-state index is 0.0464. The van der Waals surface area contributed by atoms with Crippen LogP contribution in [-0.2, 0) is 4.74 Å². The van der Waals surface area contributed by atoms with E-state index in [1.165, 1.54) is 0 Å². The van der Waals surface area contributed by atoms with Crippen molar-refractivity contribution < 1.29 is 9.13 Å². The maximum Gasteiger partial charge on any atom is 0.126 e. The average Bonchev–Trinajstić information content (AvgIpc) is 2.33. The van der Waals surface area contributed by atoms with Gasteiger partial charge in [-0.15, -0.1) is 0 Å². The fraction of sp³-hybridized carbons (Fsp3) is 0.571. The Morgan fingerprint density at radius 2 is 2.06 bits per heavy atom. The Labute approximate surface area is 103 Å². The van der Waals surface area contributed by atoms with Crippen LogP contribution in [0.4, 0.5) is 4.39 Å². The Morgan fingerprint density at radius 1 is 1.35 bits per heavy atom. The van der Waals surface area contributed by atoms with Gasteiger partial charge in [0.15, 0.2) is 0 Å². The molecule has 1 rings (SSSR count). The molecule has 0 amide bonds. The lowest BCUT2D eigenvalue weighted by Crippen LogP contribution is -2.33. The number of rotatable bonds is 6. The molecule has 0 aliphatic rings. The van der Waals surface area contributed by atoms with Crippen molar-refractivity contribution in [1.82, 2.24) is 5.32 Å². The summed E-state index contributed by atoms with van der Waals surface area (Å²) in [5.41, 5.74) is 1.62. The van der Waals surface area contributed by atoms with Crippen LogP contribution in [0, 0.1) is 12.7 Å². The quantitative estimate of drug-likeness (QED) is 0.823. The highest BCUT2D eigenvalue weighted by Crippen LogP contribution is 2.23. The number of methoxy groups -OCH3 is 1. The molecule has 1 aromatic rings. The van der Waals surface area contributed by atoms with Crippen LogP contribution in [0.25, 0.3) is 0 Å². The van der Waals surface area contributed by atoms with Crippen molar-refractivity contribution in [3.05, 3.63) is 35.1 Å². The number of halogens is 1. The highest BCUT2D eigenvalue weighted by Gasteiger charge is 2.21. The van der Waals surface area contributed by atoms with Gasteiger partial charge in [0.2, 0.25) is 0 Å². The zero-order valence-electron chi connectivity index (χ0n) is 11.1. The molecule has 0 aliphatic heterocycles. The summed E-state index contributed by atoms with van der Waals surface area (Å²) in [7, 11) is 1.70. The molecule has 3 heteroatoms. The monoisotopic (exact) mass is 239 g/mol. The Morgan fingerprint density at radius 3 is 2.53 bits per heavy atom. The molecule has 0 aliphatic carbocycles. The number of hydrogen-bond donors (Lipinski definition) is 1. The second kappa shape index (κ2) is 6.72. The zero-order chi connectivity index (χ0) is 12.8. The van der Waals surface area contributed by atoms with Gasteiger partial charge in [-0.1, -0.05) is 26.0 Å². The van der Waals surface area contributed by atoms with Crippen molar-refractivity contribution in [1.29, 1.82) is 0 Å². The predicted molar refractivity (Wildman–Crippen MR) is 68.6 cm³/mol. The van der Waals surface area contributed by atoms with E-state index in [9.17, 15) is 4.39 Å². The molecular formula is C14H22FNO. The lowest BCUT2D eigenvalue weighted by molar-refractivity contribution is 0.0655. The standard InChI is InChI=1S/C14H22FNO/c1-5-13(17-4)14(16-6-2)11-8-7-10(3)12(15)9-11/h7-9,13-14,16H,5-6H2,1-4H3. The normalized spacial score (nSPS) is 14.6. The summed E-state index contributed by atoms with van der Waals surface area (Å²) in [6.45, 7) is 6.72. The number of aryl methyl sites for hydroxylation is 1. The van der Waals surface area contributed by atoms with E-state index >= 15 is 0 Å². The van der Waals surface area contributed by atoms with E-state index < -0.39 is 0 Å². The van der Waals surface area contributed by atoms with Crippen molar-refractivity contribution in [2.45, 2.75) is 39.3 Å². The van der Waals surface area contributed by atoms with Crippen LogP contribution in [0.1, 0.15) is 37.4 Å². The highest BCUT2D eigenvalue weighted by atomic mass is 19.1. The van der Waals surface area contributed by atoms with E-state index in [2.05, 4.69) is 12.2 Å². The van der Waals surface area contributed by atoms with Crippen molar-refractivity contribution >= 4 is 0 Å². The third kappa shape index (κ3) is 3.51. The van der Waals surface area contributed by atoms with Gasteiger partial charge < -0.3 is 10.1 Å². The number of nitrogens with one attached hydrogen (secondary N) is 1. The molecule has 0 heterocycles. The summed E-state index contributed by atoms with van der Waals surface area (Å²) >= 11 is 0. The van der Waals surface area contributed by atoms with Crippen LogP contribution >= 0.6 is 0 Å². The first-order chi connectivity index (χ1) is 8.13. The molecular weight excluding hydrogens is 217 g/mol. The van der Waals surface area contributed by atoms with Crippen molar-refractivity contribution in [2.75, 3.05) is 13.7 Å². The molecule has 1 aromatic carbocycles. The molecule has 17 heavy (non-hydrogen) atoms. The Kier molecular flexibility index (Phi) is 5.59. The summed E-state index contributed by atoms with van der Waals surface area (Å²) in [6, 6.07) is 5.43. The van der Waals surface area contributed by atoms with E-state index in [1.54, 1.807) is 20.1 Å². The maximum absolute atomic E-state index is 13.6. The molecule has 2 unspecified atom stereocenters. The van der Waals surface area contributed by atoms with Crippen LogP contribution in [0.3, 0.4) is 0 Å². The van der Waals surface area contributed by atoms with Gasteiger partial charge in [-0.2, -0.15) is 0 Å². The first kappa shape index (κ1) is 14.1. The van der Waals surface area contributed by atoms with E-state index in [1.807, 2.05) is 19.1 Å². The molecule has 0 bridgehead atoms. The van der Waals surface area contributed by atoms with Gasteiger partial charge in [-0.25, -0.2) is 4.39 Å². The second-order valence-electron chi connectivity index (χ2n) is 4.23. The number of likely N-dealkylation sites (N-methyl/N-ethyl adjacent to an activating group) is 1. The first-order valence-electron chi connectivity index (χ1n) is 6.16. The SMILES string of the molecule is CCNC(c1ccc(C)c(F)c1)C(CC)OC. The number of ether oxygens (including phenoxy) is 1. The average molecular weight is 239 g/mol. The molecule has 0 saturated carbocycles. The molecule has 0 aromatic heterocycles. The van der Waals surface area contributed by atoms with Gasteiger partial charge in [0.05, 0.1) is 12.1 Å². The summed E-state index contributed by atoms with van der Waals surface area (Å²) in [4.78, 5) is 0. The van der Waals surface area contributed by atoms with E-state index in [0.717, 1.165) is 18.5 Å². The minimum atomic E-state index is -0.156. The largest absolute Gasteiger partial charge is 0.379 e. The van der Waals surface area contributed by atoms with Gasteiger partial charge >= 0.3 is 0 Å². The van der Waals surface area contributed by atoms with Crippen molar-refractivity contribution in [3.8, 4) is 0 Å². The van der Waals surface area contributed by atoms with Crippen LogP contribution in [0.5, 0.6) is 0 Å². The fourth-order valence-corrected chi connectivity index (χ4v) is 2.02. The number of benzene rings is 1. The van der Waals surface area contributed by atoms with Crippen LogP contribution in [0.15, 0.2) is 18.2 Å². The van der Waals surface area contributed by atoms with Crippen LogP contribution < -0.4 is 5.32 Å². The molecule has 0 fully saturated rings. The van der Waals surface area contributed by atoms with Gasteiger partial charge in [-0.05, 0) is 37.1 Å². The molecule has 0 spiro atoms. The third-order valence-electron chi connectivity index (χ3n) is 3.06. The molecule has 0 saturated heterocycles. The molecule has 0 radical (unpaired) electrons. The summed E-state index contributed by atoms with van der Waals surface area (Å²) in [6.07, 6.45) is 0.959. The maximum atomic E-state index is 13.6. The minimum Gasteiger partial charge on any atom is -0.379 e. The topological polar surface area (TPSA) is 21.3 Å². The van der Waals surface area contributed by atoms with E-state index in [4.69, 9.17) is 4.74 Å². The smallest absolute Gasteiger partial charge is 0.126 e. The Bertz CT molecular complexity index is 350. The predicted octanol–water partition coefficient (Wildman–Crippen LogP) is 3.21. The summed E-state index contributed by atoms with van der Waals surface area (Å²) < 4.78 is 19.0. The lowest BCUT2D eigenvalue weighted by atomic mass is 9.98. The molecule has 2 atom stereocenters. The lowest BCUT2D eigenvalue weighted by Gasteiger charge is -2.26. The molecule has 96 valence electrons. The van der Waals surface area contributed by atoms with Gasteiger partial charge in [0.25, 0.3) is 0 Å². The van der Waals surface area contributed by atoms with Gasteiger partial charge in [-0.3, -0.25) is 0 Å². The van der Waals surface area contributed by atoms with Gasteiger partial charge in [0.1, 0.15) is 5.82 Å². The number of hydrogen-bond acceptors (Lipinski definition) is 2. The Balaban J connectivity index is 2.99. The summed E-state index contributed by atoms with van der Waals surface area (Å²) in [5, 5.41) is 3.36. The van der Waals surface area contributed by atoms with Crippen LogP contribution in [0.2, 0.25) is 0 Å². The first-order valence-corrected chi connectivity index (χ1v) is 6.16. The zero-order valence-corrected chi connectivity index (χ0v) is 11.1. The highest BCUT2D eigenvalue weighted by molar-refractivity contribution is 5.26.